The number of nitrogens with one attached hydrogen (secondary N) is 2. The second kappa shape index (κ2) is 7.78. The van der Waals surface area contributed by atoms with Crippen molar-refractivity contribution in [2.45, 2.75) is 6.54 Å². The molecule has 6 nitrogen and oxygen atoms in total. The van der Waals surface area contributed by atoms with Crippen molar-refractivity contribution in [3.8, 4) is 11.5 Å². The molecule has 1 amide bonds. The third kappa shape index (κ3) is 4.17. The number of ether oxygens (including phenoxy) is 2. The average Bonchev–Trinajstić information content (AvgIpc) is 2.73. The number of hydrogen-bond acceptors (Lipinski definition) is 5. The van der Waals surface area contributed by atoms with E-state index in [2.05, 4.69) is 15.6 Å². The van der Waals surface area contributed by atoms with Crippen LogP contribution in [0.15, 0.2) is 66.9 Å². The van der Waals surface area contributed by atoms with Crippen LogP contribution in [0.25, 0.3) is 0 Å². The van der Waals surface area contributed by atoms with Crippen molar-refractivity contribution in [2.75, 3.05) is 23.8 Å². The molecule has 6 heteroatoms. The van der Waals surface area contributed by atoms with Crippen molar-refractivity contribution < 1.29 is 14.3 Å². The molecule has 136 valence electrons. The van der Waals surface area contributed by atoms with Gasteiger partial charge in [-0.25, -0.2) is 4.98 Å². The maximum Gasteiger partial charge on any atom is 0.255 e. The molecule has 0 fully saturated rings. The molecule has 0 radical (unpaired) electrons. The molecule has 1 aliphatic heterocycles. The number of pyridine rings is 1. The van der Waals surface area contributed by atoms with Crippen LogP contribution in [-0.2, 0) is 6.54 Å². The van der Waals surface area contributed by atoms with E-state index in [1.54, 1.807) is 36.5 Å². The molecule has 2 heterocycles. The van der Waals surface area contributed by atoms with Crippen LogP contribution in [0.2, 0.25) is 0 Å². The molecule has 2 aromatic carbocycles. The lowest BCUT2D eigenvalue weighted by atomic mass is 10.2. The summed E-state index contributed by atoms with van der Waals surface area (Å²) in [5.41, 5.74) is 2.32. The van der Waals surface area contributed by atoms with E-state index in [0.29, 0.717) is 48.3 Å². The fourth-order valence-electron chi connectivity index (χ4n) is 2.78. The van der Waals surface area contributed by atoms with Crippen molar-refractivity contribution >= 4 is 17.4 Å². The van der Waals surface area contributed by atoms with Crippen LogP contribution in [0.1, 0.15) is 15.9 Å². The number of rotatable bonds is 5. The number of benzene rings is 2. The van der Waals surface area contributed by atoms with Gasteiger partial charge in [0.25, 0.3) is 5.91 Å². The van der Waals surface area contributed by atoms with Crippen molar-refractivity contribution in [1.29, 1.82) is 0 Å². The summed E-state index contributed by atoms with van der Waals surface area (Å²) in [5, 5.41) is 6.11. The minimum atomic E-state index is -0.211. The highest BCUT2D eigenvalue weighted by Crippen LogP contribution is 2.32. The number of fused-ring (bicyclic) bond motifs is 1. The number of anilines is 2. The fourth-order valence-corrected chi connectivity index (χ4v) is 2.78. The monoisotopic (exact) mass is 361 g/mol. The van der Waals surface area contributed by atoms with E-state index in [9.17, 15) is 4.79 Å². The minimum Gasteiger partial charge on any atom is -0.486 e. The number of nitrogens with zero attached hydrogens (tertiary/aromatic N) is 1. The Morgan fingerprint density at radius 1 is 0.963 bits per heavy atom. The molecule has 0 spiro atoms. The molecular formula is C21H19N3O3. The number of amides is 1. The minimum absolute atomic E-state index is 0.211. The number of carbonyl (C=O) groups is 1. The van der Waals surface area contributed by atoms with E-state index < -0.39 is 0 Å². The van der Waals surface area contributed by atoms with Gasteiger partial charge in [-0.3, -0.25) is 4.79 Å². The molecule has 2 N–H and O–H groups in total. The average molecular weight is 361 g/mol. The Bertz CT molecular complexity index is 944. The quantitative estimate of drug-likeness (QED) is 0.725. The highest BCUT2D eigenvalue weighted by atomic mass is 16.6. The molecule has 0 unspecified atom stereocenters. The lowest BCUT2D eigenvalue weighted by Gasteiger charge is -2.19. The predicted octanol–water partition coefficient (Wildman–Crippen LogP) is 3.72. The molecule has 0 saturated heterocycles. The highest BCUT2D eigenvalue weighted by molar-refractivity contribution is 6.04. The van der Waals surface area contributed by atoms with Crippen LogP contribution >= 0.6 is 0 Å². The Balaban J connectivity index is 1.43. The molecule has 1 aromatic heterocycles. The Morgan fingerprint density at radius 3 is 2.63 bits per heavy atom. The van der Waals surface area contributed by atoms with E-state index in [-0.39, 0.29) is 5.91 Å². The molecule has 3 aromatic rings. The summed E-state index contributed by atoms with van der Waals surface area (Å²) < 4.78 is 11.0. The summed E-state index contributed by atoms with van der Waals surface area (Å²) in [4.78, 5) is 16.8. The van der Waals surface area contributed by atoms with Gasteiger partial charge in [0.15, 0.2) is 11.5 Å². The lowest BCUT2D eigenvalue weighted by molar-refractivity contribution is 0.102. The number of hydrogen-bond donors (Lipinski definition) is 2. The van der Waals surface area contributed by atoms with E-state index in [0.717, 1.165) is 5.56 Å². The van der Waals surface area contributed by atoms with Gasteiger partial charge in [-0.15, -0.1) is 0 Å². The standard InChI is InChI=1S/C21H19N3O3/c25-21(24-17-6-7-18-19(13-17)27-11-10-26-18)16-8-9-22-20(12-16)23-14-15-4-2-1-3-5-15/h1-9,12-13H,10-11,14H2,(H,22,23)(H,24,25). The van der Waals surface area contributed by atoms with Crippen LogP contribution in [0.4, 0.5) is 11.5 Å². The Labute approximate surface area is 157 Å². The molecule has 0 saturated carbocycles. The van der Waals surface area contributed by atoms with Gasteiger partial charge >= 0.3 is 0 Å². The van der Waals surface area contributed by atoms with Gasteiger partial charge in [0, 0.05) is 30.1 Å². The summed E-state index contributed by atoms with van der Waals surface area (Å²) in [5.74, 6) is 1.76. The van der Waals surface area contributed by atoms with Crippen LogP contribution < -0.4 is 20.1 Å². The maximum absolute atomic E-state index is 12.6. The topological polar surface area (TPSA) is 72.5 Å². The maximum atomic E-state index is 12.6. The van der Waals surface area contributed by atoms with Crippen molar-refractivity contribution in [3.05, 3.63) is 78.0 Å². The van der Waals surface area contributed by atoms with Crippen LogP contribution in [0.3, 0.4) is 0 Å². The molecule has 0 aliphatic carbocycles. The van der Waals surface area contributed by atoms with Gasteiger partial charge in [-0.1, -0.05) is 30.3 Å². The SMILES string of the molecule is O=C(Nc1ccc2c(c1)OCCO2)c1ccnc(NCc2ccccc2)c1. The summed E-state index contributed by atoms with van der Waals surface area (Å²) in [6, 6.07) is 18.8. The molecular weight excluding hydrogens is 342 g/mol. The van der Waals surface area contributed by atoms with Gasteiger partial charge < -0.3 is 20.1 Å². The summed E-state index contributed by atoms with van der Waals surface area (Å²) in [7, 11) is 0. The zero-order valence-corrected chi connectivity index (χ0v) is 14.6. The van der Waals surface area contributed by atoms with Crippen LogP contribution in [-0.4, -0.2) is 24.1 Å². The first-order valence-corrected chi connectivity index (χ1v) is 8.73. The molecule has 0 bridgehead atoms. The second-order valence-corrected chi connectivity index (χ2v) is 6.08. The highest BCUT2D eigenvalue weighted by Gasteiger charge is 2.13. The van der Waals surface area contributed by atoms with E-state index in [1.165, 1.54) is 0 Å². The Morgan fingerprint density at radius 2 is 1.78 bits per heavy atom. The number of aromatic nitrogens is 1. The van der Waals surface area contributed by atoms with E-state index in [4.69, 9.17) is 9.47 Å². The third-order valence-corrected chi connectivity index (χ3v) is 4.14. The van der Waals surface area contributed by atoms with Gasteiger partial charge in [0.05, 0.1) is 0 Å². The number of carbonyl (C=O) groups excluding carboxylic acids is 1. The van der Waals surface area contributed by atoms with Crippen molar-refractivity contribution in [2.24, 2.45) is 0 Å². The van der Waals surface area contributed by atoms with Crippen molar-refractivity contribution in [3.63, 3.8) is 0 Å². The molecule has 0 atom stereocenters. The van der Waals surface area contributed by atoms with Crippen LogP contribution in [0.5, 0.6) is 11.5 Å². The molecule has 27 heavy (non-hydrogen) atoms. The lowest BCUT2D eigenvalue weighted by Crippen LogP contribution is -2.16. The molecule has 1 aliphatic rings. The Kier molecular flexibility index (Phi) is 4.87. The largest absolute Gasteiger partial charge is 0.486 e. The zero-order valence-electron chi connectivity index (χ0n) is 14.6. The first kappa shape index (κ1) is 16.9. The van der Waals surface area contributed by atoms with Crippen molar-refractivity contribution in [1.82, 2.24) is 4.98 Å². The van der Waals surface area contributed by atoms with Crippen LogP contribution in [0, 0.1) is 0 Å². The fraction of sp³-hybridized carbons (Fsp3) is 0.143. The van der Waals surface area contributed by atoms with Gasteiger partial charge in [0.2, 0.25) is 0 Å². The summed E-state index contributed by atoms with van der Waals surface area (Å²) in [6.45, 7) is 1.68. The second-order valence-electron chi connectivity index (χ2n) is 6.08. The Hall–Kier alpha value is -3.54. The van der Waals surface area contributed by atoms with E-state index >= 15 is 0 Å². The summed E-state index contributed by atoms with van der Waals surface area (Å²) in [6.07, 6.45) is 1.62. The predicted molar refractivity (Wildman–Crippen MR) is 103 cm³/mol. The van der Waals surface area contributed by atoms with E-state index in [1.807, 2.05) is 30.3 Å². The zero-order chi connectivity index (χ0) is 18.5. The first-order chi connectivity index (χ1) is 13.3. The van der Waals surface area contributed by atoms with Gasteiger partial charge in [-0.05, 0) is 29.8 Å². The first-order valence-electron chi connectivity index (χ1n) is 8.73. The molecule has 4 rings (SSSR count). The third-order valence-electron chi connectivity index (χ3n) is 4.14. The normalized spacial score (nSPS) is 12.3. The van der Waals surface area contributed by atoms with Gasteiger partial charge in [-0.2, -0.15) is 0 Å². The van der Waals surface area contributed by atoms with Gasteiger partial charge in [0.1, 0.15) is 19.0 Å². The summed E-state index contributed by atoms with van der Waals surface area (Å²) >= 11 is 0. The smallest absolute Gasteiger partial charge is 0.255 e.